The van der Waals surface area contributed by atoms with Gasteiger partial charge in [-0.1, -0.05) is 11.8 Å². The summed E-state index contributed by atoms with van der Waals surface area (Å²) in [4.78, 5) is 3.58. The molecule has 1 rings (SSSR count). The van der Waals surface area contributed by atoms with E-state index < -0.39 is 5.95 Å². The van der Waals surface area contributed by atoms with Gasteiger partial charge in [0.1, 0.15) is 6.61 Å². The van der Waals surface area contributed by atoms with Crippen LogP contribution in [0.4, 0.5) is 4.39 Å². The summed E-state index contributed by atoms with van der Waals surface area (Å²) in [5.41, 5.74) is 1.18. The first-order chi connectivity index (χ1) is 5.74. The fourth-order valence-corrected chi connectivity index (χ4v) is 0.797. The highest BCUT2D eigenvalue weighted by Gasteiger charge is 1.96. The van der Waals surface area contributed by atoms with Crippen LogP contribution in [-0.4, -0.2) is 16.7 Å². The lowest BCUT2D eigenvalue weighted by Gasteiger charge is -1.95. The van der Waals surface area contributed by atoms with Crippen molar-refractivity contribution >= 4 is 0 Å². The van der Waals surface area contributed by atoms with Crippen LogP contribution in [0.1, 0.15) is 11.3 Å². The molecule has 1 aromatic heterocycles. The second-order valence-corrected chi connectivity index (χ2v) is 2.23. The monoisotopic (exact) mass is 165 g/mol. The van der Waals surface area contributed by atoms with E-state index in [1.165, 1.54) is 6.07 Å². The van der Waals surface area contributed by atoms with Crippen molar-refractivity contribution in [2.24, 2.45) is 0 Å². The van der Waals surface area contributed by atoms with Crippen molar-refractivity contribution < 1.29 is 9.50 Å². The molecule has 0 saturated heterocycles. The Bertz CT molecular complexity index is 338. The molecule has 0 amide bonds. The Morgan fingerprint density at radius 1 is 1.58 bits per heavy atom. The average molecular weight is 165 g/mol. The second-order valence-electron chi connectivity index (χ2n) is 2.23. The van der Waals surface area contributed by atoms with Crippen molar-refractivity contribution in [2.75, 3.05) is 6.61 Å². The van der Waals surface area contributed by atoms with Gasteiger partial charge in [-0.2, -0.15) is 4.39 Å². The van der Waals surface area contributed by atoms with Gasteiger partial charge in [0.25, 0.3) is 0 Å². The lowest BCUT2D eigenvalue weighted by molar-refractivity contribution is 0.350. The molecular formula is C9H8FNO. The molecule has 0 atom stereocenters. The van der Waals surface area contributed by atoms with Gasteiger partial charge in [-0.3, -0.25) is 0 Å². The molecule has 62 valence electrons. The van der Waals surface area contributed by atoms with Gasteiger partial charge in [0.05, 0.1) is 5.69 Å². The van der Waals surface area contributed by atoms with E-state index in [0.717, 1.165) is 0 Å². The zero-order chi connectivity index (χ0) is 8.97. The average Bonchev–Trinajstić information content (AvgIpc) is 2.03. The number of aliphatic hydroxyl groups excluding tert-OH is 1. The molecule has 0 spiro atoms. The van der Waals surface area contributed by atoms with Crippen molar-refractivity contribution in [3.63, 3.8) is 0 Å². The maximum absolute atomic E-state index is 12.5. The third-order valence-electron chi connectivity index (χ3n) is 1.35. The van der Waals surface area contributed by atoms with Crippen molar-refractivity contribution in [2.45, 2.75) is 6.92 Å². The molecule has 1 aromatic rings. The predicted octanol–water partition coefficient (Wildman–Crippen LogP) is 0.873. The highest BCUT2D eigenvalue weighted by molar-refractivity contribution is 5.36. The van der Waals surface area contributed by atoms with Crippen molar-refractivity contribution in [1.29, 1.82) is 0 Å². The molecule has 0 aliphatic rings. The zero-order valence-electron chi connectivity index (χ0n) is 6.63. The summed E-state index contributed by atoms with van der Waals surface area (Å²) in [6.07, 6.45) is 0. The Morgan fingerprint density at radius 3 is 2.92 bits per heavy atom. The summed E-state index contributed by atoms with van der Waals surface area (Å²) in [6.45, 7) is 1.47. The van der Waals surface area contributed by atoms with E-state index in [0.29, 0.717) is 11.3 Å². The first-order valence-corrected chi connectivity index (χ1v) is 3.47. The standard InChI is InChI=1S/C9H8FNO/c1-7-8(3-2-6-12)4-5-9(10)11-7/h4-5,12H,6H2,1H3. The summed E-state index contributed by atoms with van der Waals surface area (Å²) in [5.74, 6) is 4.62. The normalized spacial score (nSPS) is 8.92. The first-order valence-electron chi connectivity index (χ1n) is 3.47. The number of aromatic nitrogens is 1. The van der Waals surface area contributed by atoms with Crippen LogP contribution in [0.3, 0.4) is 0 Å². The van der Waals surface area contributed by atoms with E-state index in [4.69, 9.17) is 5.11 Å². The maximum Gasteiger partial charge on any atom is 0.213 e. The molecule has 0 bridgehead atoms. The van der Waals surface area contributed by atoms with Crippen molar-refractivity contribution in [3.8, 4) is 11.8 Å². The van der Waals surface area contributed by atoms with Crippen LogP contribution < -0.4 is 0 Å². The van der Waals surface area contributed by atoms with E-state index in [1.54, 1.807) is 13.0 Å². The largest absolute Gasteiger partial charge is 0.384 e. The molecular weight excluding hydrogens is 157 g/mol. The van der Waals surface area contributed by atoms with E-state index in [9.17, 15) is 4.39 Å². The van der Waals surface area contributed by atoms with Gasteiger partial charge in [-0.05, 0) is 19.1 Å². The Kier molecular flexibility index (Phi) is 2.78. The topological polar surface area (TPSA) is 33.1 Å². The fourth-order valence-electron chi connectivity index (χ4n) is 0.797. The Morgan fingerprint density at radius 2 is 2.33 bits per heavy atom. The number of aryl methyl sites for hydroxylation is 1. The first kappa shape index (κ1) is 8.69. The summed E-state index contributed by atoms with van der Waals surface area (Å²) in [5, 5.41) is 8.40. The Balaban J connectivity index is 3.01. The number of aliphatic hydroxyl groups is 1. The maximum atomic E-state index is 12.5. The third-order valence-corrected chi connectivity index (χ3v) is 1.35. The van der Waals surface area contributed by atoms with Crippen LogP contribution in [0.25, 0.3) is 0 Å². The molecule has 0 aromatic carbocycles. The highest BCUT2D eigenvalue weighted by atomic mass is 19.1. The lowest BCUT2D eigenvalue weighted by Crippen LogP contribution is -1.90. The molecule has 1 heterocycles. The summed E-state index contributed by atoms with van der Waals surface area (Å²) < 4.78 is 12.5. The zero-order valence-corrected chi connectivity index (χ0v) is 6.63. The molecule has 0 aliphatic carbocycles. The molecule has 3 heteroatoms. The van der Waals surface area contributed by atoms with Crippen LogP contribution in [0, 0.1) is 24.7 Å². The number of halogens is 1. The van der Waals surface area contributed by atoms with Crippen molar-refractivity contribution in [1.82, 2.24) is 4.98 Å². The number of hydrogen-bond acceptors (Lipinski definition) is 2. The smallest absolute Gasteiger partial charge is 0.213 e. The Labute approximate surface area is 70.1 Å². The quantitative estimate of drug-likeness (QED) is 0.457. The molecule has 0 unspecified atom stereocenters. The minimum atomic E-state index is -0.512. The van der Waals surface area contributed by atoms with Crippen molar-refractivity contribution in [3.05, 3.63) is 29.3 Å². The lowest BCUT2D eigenvalue weighted by atomic mass is 10.2. The molecule has 2 nitrogen and oxygen atoms in total. The number of pyridine rings is 1. The third kappa shape index (κ3) is 2.04. The van der Waals surface area contributed by atoms with Gasteiger partial charge < -0.3 is 5.11 Å². The molecule has 1 N–H and O–H groups in total. The number of hydrogen-bond donors (Lipinski definition) is 1. The van der Waals surface area contributed by atoms with Crippen LogP contribution in [0.5, 0.6) is 0 Å². The molecule has 0 aliphatic heterocycles. The van der Waals surface area contributed by atoms with Gasteiger partial charge in [0.2, 0.25) is 5.95 Å². The van der Waals surface area contributed by atoms with Crippen LogP contribution in [0.15, 0.2) is 12.1 Å². The Hall–Kier alpha value is -1.40. The summed E-state index contributed by atoms with van der Waals surface area (Å²) >= 11 is 0. The number of nitrogens with zero attached hydrogens (tertiary/aromatic N) is 1. The van der Waals surface area contributed by atoms with Gasteiger partial charge in [0.15, 0.2) is 0 Å². The van der Waals surface area contributed by atoms with E-state index in [-0.39, 0.29) is 6.61 Å². The molecule has 0 radical (unpaired) electrons. The van der Waals surface area contributed by atoms with E-state index in [1.807, 2.05) is 0 Å². The fraction of sp³-hybridized carbons (Fsp3) is 0.222. The SMILES string of the molecule is Cc1nc(F)ccc1C#CCO. The minimum Gasteiger partial charge on any atom is -0.384 e. The number of rotatable bonds is 0. The van der Waals surface area contributed by atoms with Gasteiger partial charge >= 0.3 is 0 Å². The van der Waals surface area contributed by atoms with Crippen LogP contribution in [-0.2, 0) is 0 Å². The molecule has 12 heavy (non-hydrogen) atoms. The second kappa shape index (κ2) is 3.84. The molecule has 0 fully saturated rings. The molecule has 0 saturated carbocycles. The van der Waals surface area contributed by atoms with Gasteiger partial charge in [-0.25, -0.2) is 4.98 Å². The van der Waals surface area contributed by atoms with E-state index >= 15 is 0 Å². The highest BCUT2D eigenvalue weighted by Crippen LogP contribution is 2.03. The van der Waals surface area contributed by atoms with Gasteiger partial charge in [0, 0.05) is 5.56 Å². The summed E-state index contributed by atoms with van der Waals surface area (Å²) in [7, 11) is 0. The minimum absolute atomic E-state index is 0.198. The predicted molar refractivity (Wildman–Crippen MR) is 42.9 cm³/mol. The summed E-state index contributed by atoms with van der Waals surface area (Å²) in [6, 6.07) is 2.79. The van der Waals surface area contributed by atoms with E-state index in [2.05, 4.69) is 16.8 Å². The van der Waals surface area contributed by atoms with Crippen LogP contribution in [0.2, 0.25) is 0 Å². The van der Waals surface area contributed by atoms with Crippen LogP contribution >= 0.6 is 0 Å². The van der Waals surface area contributed by atoms with Gasteiger partial charge in [-0.15, -0.1) is 0 Å².